The van der Waals surface area contributed by atoms with Gasteiger partial charge in [0, 0.05) is 5.39 Å². The van der Waals surface area contributed by atoms with E-state index in [0.717, 1.165) is 10.1 Å². The number of nitrogens with zero attached hydrogens (tertiary/aromatic N) is 2. The quantitative estimate of drug-likeness (QED) is 0.393. The fraction of sp³-hybridized carbons (Fsp3) is 0. The Morgan fingerprint density at radius 2 is 2.00 bits per heavy atom. The number of fused-ring (bicyclic) bond motifs is 1. The largest absolute Gasteiger partial charge is 0.504 e. The zero-order chi connectivity index (χ0) is 15.5. The number of phenolic OH excluding ortho intramolecular Hbond substituents is 2. The standard InChI is InChI=1S/C15H11N3O3S/c19-11-6-5-9(7-12(11)20)8-16-17-15(21)14-10-3-1-2-4-13(10)22-18-14/h1-8,19-20H,(H,17,21)/b16-8+. The molecular formula is C15H11N3O3S. The predicted molar refractivity (Wildman–Crippen MR) is 84.5 cm³/mol. The summed E-state index contributed by atoms with van der Waals surface area (Å²) in [4.78, 5) is 12.1. The van der Waals surface area contributed by atoms with Crippen molar-refractivity contribution in [2.75, 3.05) is 0 Å². The van der Waals surface area contributed by atoms with Crippen LogP contribution in [0.2, 0.25) is 0 Å². The van der Waals surface area contributed by atoms with Gasteiger partial charge in [-0.3, -0.25) is 4.79 Å². The Balaban J connectivity index is 1.74. The van der Waals surface area contributed by atoms with Gasteiger partial charge in [0.2, 0.25) is 0 Å². The summed E-state index contributed by atoms with van der Waals surface area (Å²) < 4.78 is 5.06. The summed E-state index contributed by atoms with van der Waals surface area (Å²) in [6.45, 7) is 0. The van der Waals surface area contributed by atoms with E-state index in [2.05, 4.69) is 14.9 Å². The van der Waals surface area contributed by atoms with Crippen molar-refractivity contribution >= 4 is 33.7 Å². The molecule has 1 amide bonds. The van der Waals surface area contributed by atoms with E-state index in [1.807, 2.05) is 24.3 Å². The highest BCUT2D eigenvalue weighted by atomic mass is 32.1. The van der Waals surface area contributed by atoms with Crippen LogP contribution in [0.4, 0.5) is 0 Å². The van der Waals surface area contributed by atoms with Gasteiger partial charge in [0.25, 0.3) is 5.91 Å². The second-order valence-corrected chi connectivity index (χ2v) is 5.28. The van der Waals surface area contributed by atoms with Gasteiger partial charge in [-0.15, -0.1) is 0 Å². The molecule has 0 spiro atoms. The Kier molecular flexibility index (Phi) is 3.71. The van der Waals surface area contributed by atoms with Crippen LogP contribution in [0.5, 0.6) is 11.5 Å². The van der Waals surface area contributed by atoms with Crippen LogP contribution in [0.25, 0.3) is 10.1 Å². The van der Waals surface area contributed by atoms with E-state index >= 15 is 0 Å². The number of nitrogens with one attached hydrogen (secondary N) is 1. The van der Waals surface area contributed by atoms with Gasteiger partial charge in [0.1, 0.15) is 0 Å². The van der Waals surface area contributed by atoms with Crippen LogP contribution < -0.4 is 5.43 Å². The van der Waals surface area contributed by atoms with Crippen LogP contribution in [-0.4, -0.2) is 26.7 Å². The average molecular weight is 313 g/mol. The number of hydrogen-bond acceptors (Lipinski definition) is 6. The SMILES string of the molecule is O=C(N/N=C/c1ccc(O)c(O)c1)c1nsc2ccccc12. The normalized spacial score (nSPS) is 11.1. The molecular weight excluding hydrogens is 302 g/mol. The number of aromatic nitrogens is 1. The smallest absolute Gasteiger partial charge is 0.291 e. The van der Waals surface area contributed by atoms with Crippen molar-refractivity contribution < 1.29 is 15.0 Å². The summed E-state index contributed by atoms with van der Waals surface area (Å²) in [5.41, 5.74) is 3.26. The number of phenols is 2. The summed E-state index contributed by atoms with van der Waals surface area (Å²) in [6.07, 6.45) is 1.37. The van der Waals surface area contributed by atoms with Crippen molar-refractivity contribution in [1.82, 2.24) is 9.80 Å². The van der Waals surface area contributed by atoms with Crippen LogP contribution in [0.1, 0.15) is 16.1 Å². The molecule has 2 aromatic carbocycles. The van der Waals surface area contributed by atoms with Gasteiger partial charge >= 0.3 is 0 Å². The van der Waals surface area contributed by atoms with E-state index in [-0.39, 0.29) is 11.5 Å². The number of aromatic hydroxyl groups is 2. The molecule has 0 atom stereocenters. The number of hydrazone groups is 1. The van der Waals surface area contributed by atoms with Gasteiger partial charge < -0.3 is 10.2 Å². The molecule has 1 aromatic heterocycles. The Morgan fingerprint density at radius 1 is 1.18 bits per heavy atom. The molecule has 0 bridgehead atoms. The summed E-state index contributed by atoms with van der Waals surface area (Å²) >= 11 is 1.25. The third-order valence-electron chi connectivity index (χ3n) is 2.97. The first kappa shape index (κ1) is 14.0. The fourth-order valence-corrected chi connectivity index (χ4v) is 2.66. The number of carbonyl (C=O) groups excluding carboxylic acids is 1. The minimum atomic E-state index is -0.406. The van der Waals surface area contributed by atoms with Crippen molar-refractivity contribution in [2.24, 2.45) is 5.10 Å². The molecule has 7 heteroatoms. The number of benzene rings is 2. The zero-order valence-electron chi connectivity index (χ0n) is 11.2. The van der Waals surface area contributed by atoms with Gasteiger partial charge in [-0.25, -0.2) is 5.43 Å². The van der Waals surface area contributed by atoms with Crippen LogP contribution >= 0.6 is 11.5 Å². The maximum atomic E-state index is 12.1. The molecule has 0 saturated carbocycles. The molecule has 3 aromatic rings. The van der Waals surface area contributed by atoms with Crippen molar-refractivity contribution in [3.05, 3.63) is 53.7 Å². The highest BCUT2D eigenvalue weighted by Crippen LogP contribution is 2.24. The maximum Gasteiger partial charge on any atom is 0.291 e. The molecule has 0 fully saturated rings. The van der Waals surface area contributed by atoms with Gasteiger partial charge in [-0.05, 0) is 41.4 Å². The van der Waals surface area contributed by atoms with E-state index in [4.69, 9.17) is 0 Å². The summed E-state index contributed by atoms with van der Waals surface area (Å²) in [7, 11) is 0. The Hall–Kier alpha value is -2.93. The van der Waals surface area contributed by atoms with Gasteiger partial charge in [-0.1, -0.05) is 18.2 Å². The fourth-order valence-electron chi connectivity index (χ4n) is 1.89. The molecule has 3 N–H and O–H groups in total. The van der Waals surface area contributed by atoms with Crippen LogP contribution in [-0.2, 0) is 0 Å². The van der Waals surface area contributed by atoms with Crippen molar-refractivity contribution in [2.45, 2.75) is 0 Å². The Labute approximate surface area is 129 Å². The second-order valence-electron chi connectivity index (χ2n) is 4.47. The van der Waals surface area contributed by atoms with Crippen LogP contribution in [0.15, 0.2) is 47.6 Å². The molecule has 110 valence electrons. The molecule has 0 radical (unpaired) electrons. The van der Waals surface area contributed by atoms with E-state index in [0.29, 0.717) is 11.3 Å². The highest BCUT2D eigenvalue weighted by Gasteiger charge is 2.12. The molecule has 0 aliphatic carbocycles. The molecule has 3 rings (SSSR count). The zero-order valence-corrected chi connectivity index (χ0v) is 12.0. The third-order valence-corrected chi connectivity index (χ3v) is 3.80. The lowest BCUT2D eigenvalue weighted by Crippen LogP contribution is -2.18. The Morgan fingerprint density at radius 3 is 2.82 bits per heavy atom. The van der Waals surface area contributed by atoms with E-state index in [9.17, 15) is 15.0 Å². The molecule has 1 heterocycles. The molecule has 6 nitrogen and oxygen atoms in total. The topological polar surface area (TPSA) is 94.8 Å². The molecule has 0 aliphatic rings. The first-order valence-corrected chi connectivity index (χ1v) is 7.12. The monoisotopic (exact) mass is 313 g/mol. The predicted octanol–water partition coefficient (Wildman–Crippen LogP) is 2.47. The van der Waals surface area contributed by atoms with Crippen LogP contribution in [0, 0.1) is 0 Å². The van der Waals surface area contributed by atoms with E-state index < -0.39 is 5.91 Å². The van der Waals surface area contributed by atoms with Crippen molar-refractivity contribution in [3.8, 4) is 11.5 Å². The minimum absolute atomic E-state index is 0.213. The summed E-state index contributed by atoms with van der Waals surface area (Å²) in [5, 5.41) is 23.2. The van der Waals surface area contributed by atoms with Crippen molar-refractivity contribution in [1.29, 1.82) is 0 Å². The summed E-state index contributed by atoms with van der Waals surface area (Å²) in [6, 6.07) is 11.7. The number of carbonyl (C=O) groups is 1. The maximum absolute atomic E-state index is 12.1. The molecule has 22 heavy (non-hydrogen) atoms. The first-order valence-electron chi connectivity index (χ1n) is 6.35. The minimum Gasteiger partial charge on any atom is -0.504 e. The number of hydrogen-bond donors (Lipinski definition) is 3. The Bertz CT molecular complexity index is 873. The molecule has 0 saturated heterocycles. The lowest BCUT2D eigenvalue weighted by molar-refractivity contribution is 0.0953. The van der Waals surface area contributed by atoms with Gasteiger partial charge in [-0.2, -0.15) is 9.47 Å². The number of rotatable bonds is 3. The van der Waals surface area contributed by atoms with Gasteiger partial charge in [0.05, 0.1) is 10.9 Å². The van der Waals surface area contributed by atoms with Crippen molar-refractivity contribution in [3.63, 3.8) is 0 Å². The lowest BCUT2D eigenvalue weighted by atomic mass is 10.2. The first-order chi connectivity index (χ1) is 10.6. The van der Waals surface area contributed by atoms with E-state index in [1.54, 1.807) is 6.07 Å². The number of amides is 1. The second kappa shape index (κ2) is 5.82. The average Bonchev–Trinajstić information content (AvgIpc) is 2.95. The molecule has 0 unspecified atom stereocenters. The third kappa shape index (κ3) is 2.75. The highest BCUT2D eigenvalue weighted by molar-refractivity contribution is 7.13. The van der Waals surface area contributed by atoms with Gasteiger partial charge in [0.15, 0.2) is 17.2 Å². The van der Waals surface area contributed by atoms with E-state index in [1.165, 1.54) is 29.9 Å². The summed E-state index contributed by atoms with van der Waals surface area (Å²) in [5.74, 6) is -0.868. The molecule has 0 aliphatic heterocycles. The lowest BCUT2D eigenvalue weighted by Gasteiger charge is -1.99. The van der Waals surface area contributed by atoms with Crippen LogP contribution in [0.3, 0.4) is 0 Å².